The van der Waals surface area contributed by atoms with Crippen LogP contribution < -0.4 is 5.32 Å². The van der Waals surface area contributed by atoms with Crippen LogP contribution in [0.3, 0.4) is 0 Å². The maximum Gasteiger partial charge on any atom is 0.243 e. The quantitative estimate of drug-likeness (QED) is 0.915. The highest BCUT2D eigenvalue weighted by atomic mass is 32.2. The Bertz CT molecular complexity index is 535. The Morgan fingerprint density at radius 1 is 1.37 bits per heavy atom. The predicted molar refractivity (Wildman–Crippen MR) is 75.5 cm³/mol. The van der Waals surface area contributed by atoms with Crippen LogP contribution in [0.1, 0.15) is 20.8 Å². The van der Waals surface area contributed by atoms with Crippen LogP contribution in [-0.4, -0.2) is 37.3 Å². The van der Waals surface area contributed by atoms with E-state index in [1.54, 1.807) is 16.4 Å². The van der Waals surface area contributed by atoms with Crippen molar-refractivity contribution < 1.29 is 8.42 Å². The van der Waals surface area contributed by atoms with Crippen LogP contribution >= 0.6 is 0 Å². The Morgan fingerprint density at radius 2 is 2.00 bits per heavy atom. The third kappa shape index (κ3) is 2.90. The van der Waals surface area contributed by atoms with Gasteiger partial charge in [-0.15, -0.1) is 0 Å². The second-order valence-electron chi connectivity index (χ2n) is 5.18. The molecule has 1 aromatic heterocycles. The third-order valence-electron chi connectivity index (χ3n) is 3.68. The molecular weight excluding hydrogens is 262 g/mol. The van der Waals surface area contributed by atoms with Crippen LogP contribution in [0, 0.1) is 11.8 Å². The number of sulfonamides is 1. The van der Waals surface area contributed by atoms with Gasteiger partial charge >= 0.3 is 0 Å². The molecule has 0 radical (unpaired) electrons. The molecule has 1 aliphatic heterocycles. The maximum absolute atomic E-state index is 12.6. The fraction of sp³-hybridized carbons (Fsp3) is 0.615. The van der Waals surface area contributed by atoms with Gasteiger partial charge in [0.1, 0.15) is 5.82 Å². The van der Waals surface area contributed by atoms with Crippen LogP contribution in [0.15, 0.2) is 23.2 Å². The summed E-state index contributed by atoms with van der Waals surface area (Å²) in [6.45, 7) is 8.05. The highest BCUT2D eigenvalue weighted by molar-refractivity contribution is 7.89. The highest BCUT2D eigenvalue weighted by Gasteiger charge is 2.35. The first-order valence-corrected chi connectivity index (χ1v) is 8.09. The van der Waals surface area contributed by atoms with Gasteiger partial charge in [-0.2, -0.15) is 4.31 Å². The van der Waals surface area contributed by atoms with Crippen LogP contribution in [0.2, 0.25) is 0 Å². The van der Waals surface area contributed by atoms with Gasteiger partial charge in [-0.05, 0) is 24.8 Å². The Kier molecular flexibility index (Phi) is 4.10. The Balaban J connectivity index is 2.27. The Labute approximate surface area is 115 Å². The molecule has 0 aromatic carbocycles. The lowest BCUT2D eigenvalue weighted by molar-refractivity contribution is 0.463. The zero-order valence-corrected chi connectivity index (χ0v) is 12.4. The number of nitrogens with zero attached hydrogens (tertiary/aromatic N) is 2. The SMILES string of the molecule is CCNc1cc(S(=O)(=O)N2CC(C)C(C)C2)ccn1. The topological polar surface area (TPSA) is 62.3 Å². The van der Waals surface area contributed by atoms with E-state index < -0.39 is 10.0 Å². The van der Waals surface area contributed by atoms with Crippen molar-refractivity contribution in [2.75, 3.05) is 25.0 Å². The summed E-state index contributed by atoms with van der Waals surface area (Å²) in [6.07, 6.45) is 1.54. The van der Waals surface area contributed by atoms with Crippen molar-refractivity contribution in [2.45, 2.75) is 25.7 Å². The largest absolute Gasteiger partial charge is 0.370 e. The van der Waals surface area contributed by atoms with Crippen molar-refractivity contribution in [2.24, 2.45) is 11.8 Å². The summed E-state index contributed by atoms with van der Waals surface area (Å²) in [4.78, 5) is 4.42. The molecule has 0 saturated carbocycles. The fourth-order valence-electron chi connectivity index (χ4n) is 2.27. The van der Waals surface area contributed by atoms with Crippen molar-refractivity contribution >= 4 is 15.8 Å². The second kappa shape index (κ2) is 5.46. The molecule has 2 unspecified atom stereocenters. The predicted octanol–water partition coefficient (Wildman–Crippen LogP) is 1.79. The fourth-order valence-corrected chi connectivity index (χ4v) is 3.93. The van der Waals surface area contributed by atoms with E-state index in [4.69, 9.17) is 0 Å². The molecule has 1 N–H and O–H groups in total. The van der Waals surface area contributed by atoms with Crippen LogP contribution in [0.4, 0.5) is 5.82 Å². The van der Waals surface area contributed by atoms with Crippen LogP contribution in [-0.2, 0) is 10.0 Å². The molecule has 0 spiro atoms. The maximum atomic E-state index is 12.6. The van der Waals surface area contributed by atoms with E-state index in [2.05, 4.69) is 24.1 Å². The summed E-state index contributed by atoms with van der Waals surface area (Å²) in [7, 11) is -3.39. The summed E-state index contributed by atoms with van der Waals surface area (Å²) in [5, 5.41) is 3.03. The van der Waals surface area contributed by atoms with Crippen LogP contribution in [0.25, 0.3) is 0 Å². The van der Waals surface area contributed by atoms with E-state index in [9.17, 15) is 8.42 Å². The number of rotatable bonds is 4. The number of anilines is 1. The molecule has 1 saturated heterocycles. The van der Waals surface area contributed by atoms with Crippen molar-refractivity contribution in [1.82, 2.24) is 9.29 Å². The van der Waals surface area contributed by atoms with E-state index in [-0.39, 0.29) is 0 Å². The molecule has 0 bridgehead atoms. The zero-order chi connectivity index (χ0) is 14.0. The molecule has 0 amide bonds. The van der Waals surface area contributed by atoms with Gasteiger partial charge in [0, 0.05) is 31.9 Å². The zero-order valence-electron chi connectivity index (χ0n) is 11.6. The molecule has 1 fully saturated rings. The number of nitrogens with one attached hydrogen (secondary N) is 1. The number of aromatic nitrogens is 1. The van der Waals surface area contributed by atoms with Gasteiger partial charge in [0.25, 0.3) is 0 Å². The van der Waals surface area contributed by atoms with Crippen molar-refractivity contribution in [3.63, 3.8) is 0 Å². The lowest BCUT2D eigenvalue weighted by Gasteiger charge is -2.16. The standard InChI is InChI=1S/C13H21N3O2S/c1-4-14-13-7-12(5-6-15-13)19(17,18)16-8-10(2)11(3)9-16/h5-7,10-11H,4,8-9H2,1-3H3,(H,14,15). The normalized spacial score (nSPS) is 24.6. The average molecular weight is 283 g/mol. The van der Waals surface area contributed by atoms with E-state index in [1.807, 2.05) is 6.92 Å². The first kappa shape index (κ1) is 14.3. The minimum atomic E-state index is -3.39. The van der Waals surface area contributed by atoms with E-state index in [1.165, 1.54) is 6.20 Å². The van der Waals surface area contributed by atoms with E-state index in [0.29, 0.717) is 42.2 Å². The van der Waals surface area contributed by atoms with Gasteiger partial charge in [0.05, 0.1) is 4.90 Å². The molecule has 0 aliphatic carbocycles. The number of pyridine rings is 1. The molecule has 2 rings (SSSR count). The van der Waals surface area contributed by atoms with Gasteiger partial charge in [0.2, 0.25) is 10.0 Å². The summed E-state index contributed by atoms with van der Waals surface area (Å²) in [5.41, 5.74) is 0. The molecule has 1 aromatic rings. The molecule has 6 heteroatoms. The lowest BCUT2D eigenvalue weighted by atomic mass is 10.0. The van der Waals surface area contributed by atoms with E-state index >= 15 is 0 Å². The molecular formula is C13H21N3O2S. The summed E-state index contributed by atoms with van der Waals surface area (Å²) >= 11 is 0. The van der Waals surface area contributed by atoms with Crippen molar-refractivity contribution in [3.8, 4) is 0 Å². The molecule has 2 atom stereocenters. The van der Waals surface area contributed by atoms with Crippen LogP contribution in [0.5, 0.6) is 0 Å². The number of hydrogen-bond donors (Lipinski definition) is 1. The van der Waals surface area contributed by atoms with Crippen molar-refractivity contribution in [1.29, 1.82) is 0 Å². The number of hydrogen-bond acceptors (Lipinski definition) is 4. The lowest BCUT2D eigenvalue weighted by Crippen LogP contribution is -2.29. The minimum absolute atomic E-state index is 0.319. The smallest absolute Gasteiger partial charge is 0.243 e. The molecule has 106 valence electrons. The monoisotopic (exact) mass is 283 g/mol. The highest BCUT2D eigenvalue weighted by Crippen LogP contribution is 2.28. The first-order valence-electron chi connectivity index (χ1n) is 6.65. The van der Waals surface area contributed by atoms with Gasteiger partial charge in [0.15, 0.2) is 0 Å². The second-order valence-corrected chi connectivity index (χ2v) is 7.12. The van der Waals surface area contributed by atoms with Crippen molar-refractivity contribution in [3.05, 3.63) is 18.3 Å². The first-order chi connectivity index (χ1) is 8.95. The Hall–Kier alpha value is -1.14. The van der Waals surface area contributed by atoms with Gasteiger partial charge in [-0.1, -0.05) is 13.8 Å². The minimum Gasteiger partial charge on any atom is -0.370 e. The molecule has 19 heavy (non-hydrogen) atoms. The summed E-state index contributed by atoms with van der Waals surface area (Å²) < 4.78 is 26.7. The third-order valence-corrected chi connectivity index (χ3v) is 5.51. The van der Waals surface area contributed by atoms with Gasteiger partial charge in [-0.3, -0.25) is 0 Å². The summed E-state index contributed by atoms with van der Waals surface area (Å²) in [6, 6.07) is 3.16. The summed E-state index contributed by atoms with van der Waals surface area (Å²) in [5.74, 6) is 1.42. The Morgan fingerprint density at radius 3 is 2.58 bits per heavy atom. The molecule has 2 heterocycles. The molecule has 5 nitrogen and oxygen atoms in total. The van der Waals surface area contributed by atoms with Gasteiger partial charge in [-0.25, -0.2) is 13.4 Å². The molecule has 1 aliphatic rings. The van der Waals surface area contributed by atoms with Gasteiger partial charge < -0.3 is 5.32 Å². The van der Waals surface area contributed by atoms with E-state index in [0.717, 1.165) is 0 Å². The average Bonchev–Trinajstić information content (AvgIpc) is 2.71.